The first kappa shape index (κ1) is 14.2. The van der Waals surface area contributed by atoms with Crippen molar-refractivity contribution in [3.63, 3.8) is 0 Å². The summed E-state index contributed by atoms with van der Waals surface area (Å²) in [5.41, 5.74) is 4.20. The summed E-state index contributed by atoms with van der Waals surface area (Å²) in [5.74, 6) is 0.791. The molecule has 0 radical (unpaired) electrons. The van der Waals surface area contributed by atoms with Crippen molar-refractivity contribution in [1.82, 2.24) is 5.32 Å². The van der Waals surface area contributed by atoms with Gasteiger partial charge >= 0.3 is 0 Å². The third kappa shape index (κ3) is 4.16. The topological polar surface area (TPSA) is 12.0 Å². The molecule has 0 amide bonds. The van der Waals surface area contributed by atoms with E-state index in [1.165, 1.54) is 36.0 Å². The Hall–Kier alpha value is -0.820. The zero-order valence-corrected chi connectivity index (χ0v) is 12.0. The number of benzene rings is 1. The van der Waals surface area contributed by atoms with Crippen LogP contribution >= 0.6 is 0 Å². The maximum absolute atomic E-state index is 3.45. The van der Waals surface area contributed by atoms with E-state index in [2.05, 4.69) is 58.3 Å². The second-order valence-electron chi connectivity index (χ2n) is 5.31. The van der Waals surface area contributed by atoms with Gasteiger partial charge in [0.25, 0.3) is 0 Å². The molecule has 0 saturated heterocycles. The Morgan fingerprint density at radius 1 is 1.18 bits per heavy atom. The molecule has 2 unspecified atom stereocenters. The highest BCUT2D eigenvalue weighted by Crippen LogP contribution is 2.25. The van der Waals surface area contributed by atoms with E-state index in [-0.39, 0.29) is 0 Å². The average molecular weight is 233 g/mol. The third-order valence-corrected chi connectivity index (χ3v) is 3.70. The van der Waals surface area contributed by atoms with Crippen LogP contribution < -0.4 is 5.32 Å². The van der Waals surface area contributed by atoms with E-state index in [0.29, 0.717) is 6.04 Å². The molecule has 17 heavy (non-hydrogen) atoms. The molecule has 0 fully saturated rings. The van der Waals surface area contributed by atoms with Crippen molar-refractivity contribution < 1.29 is 0 Å². The smallest absolute Gasteiger partial charge is 0.0320 e. The zero-order valence-electron chi connectivity index (χ0n) is 12.0. The molecule has 1 aromatic carbocycles. The van der Waals surface area contributed by atoms with Gasteiger partial charge in [0.05, 0.1) is 0 Å². The van der Waals surface area contributed by atoms with E-state index < -0.39 is 0 Å². The lowest BCUT2D eigenvalue weighted by Gasteiger charge is -2.21. The summed E-state index contributed by atoms with van der Waals surface area (Å²) in [6.45, 7) is 8.99. The van der Waals surface area contributed by atoms with Crippen LogP contribution in [0.25, 0.3) is 0 Å². The summed E-state index contributed by atoms with van der Waals surface area (Å²) in [6.07, 6.45) is 3.83. The van der Waals surface area contributed by atoms with Crippen molar-refractivity contribution in [2.45, 2.75) is 53.0 Å². The molecule has 0 aliphatic rings. The molecular weight excluding hydrogens is 206 g/mol. The highest BCUT2D eigenvalue weighted by molar-refractivity contribution is 5.31. The molecule has 1 aromatic rings. The van der Waals surface area contributed by atoms with Gasteiger partial charge in [0.2, 0.25) is 0 Å². The van der Waals surface area contributed by atoms with Gasteiger partial charge in [-0.2, -0.15) is 0 Å². The summed E-state index contributed by atoms with van der Waals surface area (Å²) < 4.78 is 0. The first-order valence-electron chi connectivity index (χ1n) is 6.82. The number of hydrogen-bond acceptors (Lipinski definition) is 1. The minimum atomic E-state index is 0.496. The van der Waals surface area contributed by atoms with E-state index in [0.717, 1.165) is 5.92 Å². The Bertz CT molecular complexity index is 343. The first-order valence-corrected chi connectivity index (χ1v) is 6.82. The summed E-state index contributed by atoms with van der Waals surface area (Å²) in [5, 5.41) is 3.45. The molecule has 0 aliphatic carbocycles. The summed E-state index contributed by atoms with van der Waals surface area (Å²) in [6, 6.07) is 7.33. The highest BCUT2D eigenvalue weighted by Gasteiger charge is 2.13. The van der Waals surface area contributed by atoms with Gasteiger partial charge in [-0.1, -0.05) is 44.9 Å². The molecule has 0 saturated carbocycles. The predicted octanol–water partition coefficient (Wildman–Crippen LogP) is 4.39. The minimum absolute atomic E-state index is 0.496. The molecule has 1 nitrogen and oxygen atoms in total. The van der Waals surface area contributed by atoms with Crippen LogP contribution in [0.3, 0.4) is 0 Å². The third-order valence-electron chi connectivity index (χ3n) is 3.70. The molecule has 0 aliphatic heterocycles. The molecule has 0 bridgehead atoms. The second-order valence-corrected chi connectivity index (χ2v) is 5.31. The average Bonchev–Trinajstić information content (AvgIpc) is 2.30. The van der Waals surface area contributed by atoms with Gasteiger partial charge in [0, 0.05) is 6.04 Å². The van der Waals surface area contributed by atoms with Crippen LogP contribution in [0, 0.1) is 19.8 Å². The molecule has 0 spiro atoms. The quantitative estimate of drug-likeness (QED) is 0.768. The van der Waals surface area contributed by atoms with Crippen molar-refractivity contribution in [3.05, 3.63) is 34.9 Å². The van der Waals surface area contributed by atoms with Gasteiger partial charge in [0.15, 0.2) is 0 Å². The molecule has 1 rings (SSSR count). The number of aryl methyl sites for hydroxylation is 2. The van der Waals surface area contributed by atoms with Crippen LogP contribution in [0.5, 0.6) is 0 Å². The van der Waals surface area contributed by atoms with Crippen molar-refractivity contribution in [3.8, 4) is 0 Å². The van der Waals surface area contributed by atoms with Crippen LogP contribution in [-0.2, 0) is 0 Å². The SMILES string of the molecule is CCCC(C)CC(NC)c1ccc(C)c(C)c1. The van der Waals surface area contributed by atoms with Crippen molar-refractivity contribution >= 4 is 0 Å². The fraction of sp³-hybridized carbons (Fsp3) is 0.625. The van der Waals surface area contributed by atoms with Crippen molar-refractivity contribution in [2.24, 2.45) is 5.92 Å². The minimum Gasteiger partial charge on any atom is -0.313 e. The van der Waals surface area contributed by atoms with Gasteiger partial charge in [-0.3, -0.25) is 0 Å². The fourth-order valence-corrected chi connectivity index (χ4v) is 2.41. The van der Waals surface area contributed by atoms with E-state index in [1.54, 1.807) is 0 Å². The molecule has 1 heteroatoms. The Labute approximate surface area is 107 Å². The molecule has 2 atom stereocenters. The van der Waals surface area contributed by atoms with E-state index in [9.17, 15) is 0 Å². The second kappa shape index (κ2) is 6.80. The number of hydrogen-bond donors (Lipinski definition) is 1. The van der Waals surface area contributed by atoms with E-state index >= 15 is 0 Å². The Morgan fingerprint density at radius 3 is 2.41 bits per heavy atom. The summed E-state index contributed by atoms with van der Waals surface area (Å²) >= 11 is 0. The Morgan fingerprint density at radius 2 is 1.88 bits per heavy atom. The summed E-state index contributed by atoms with van der Waals surface area (Å²) in [4.78, 5) is 0. The van der Waals surface area contributed by atoms with Crippen LogP contribution in [-0.4, -0.2) is 7.05 Å². The van der Waals surface area contributed by atoms with Crippen molar-refractivity contribution in [2.75, 3.05) is 7.05 Å². The van der Waals surface area contributed by atoms with E-state index in [1.807, 2.05) is 0 Å². The van der Waals surface area contributed by atoms with Crippen LogP contribution in [0.4, 0.5) is 0 Å². The lowest BCUT2D eigenvalue weighted by atomic mass is 9.91. The Kier molecular flexibility index (Phi) is 5.70. The predicted molar refractivity (Wildman–Crippen MR) is 76.4 cm³/mol. The normalized spacial score (nSPS) is 14.6. The number of rotatable bonds is 6. The summed E-state index contributed by atoms with van der Waals surface area (Å²) in [7, 11) is 2.07. The fourth-order valence-electron chi connectivity index (χ4n) is 2.41. The van der Waals surface area contributed by atoms with Gasteiger partial charge in [-0.05, 0) is 49.9 Å². The number of nitrogens with one attached hydrogen (secondary N) is 1. The zero-order chi connectivity index (χ0) is 12.8. The molecule has 0 aromatic heterocycles. The van der Waals surface area contributed by atoms with Gasteiger partial charge < -0.3 is 5.32 Å². The maximum atomic E-state index is 3.45. The van der Waals surface area contributed by atoms with Crippen molar-refractivity contribution in [1.29, 1.82) is 0 Å². The van der Waals surface area contributed by atoms with Gasteiger partial charge in [0.1, 0.15) is 0 Å². The van der Waals surface area contributed by atoms with Gasteiger partial charge in [-0.25, -0.2) is 0 Å². The molecule has 0 heterocycles. The van der Waals surface area contributed by atoms with Gasteiger partial charge in [-0.15, -0.1) is 0 Å². The monoisotopic (exact) mass is 233 g/mol. The first-order chi connectivity index (χ1) is 8.08. The standard InChI is InChI=1S/C16H27N/c1-6-7-12(2)10-16(17-5)15-9-8-13(3)14(4)11-15/h8-9,11-12,16-17H,6-7,10H2,1-5H3. The molecular formula is C16H27N. The Balaban J connectivity index is 2.75. The maximum Gasteiger partial charge on any atom is 0.0320 e. The van der Waals surface area contributed by atoms with E-state index in [4.69, 9.17) is 0 Å². The highest BCUT2D eigenvalue weighted by atomic mass is 14.9. The lowest BCUT2D eigenvalue weighted by molar-refractivity contribution is 0.407. The van der Waals surface area contributed by atoms with Crippen LogP contribution in [0.2, 0.25) is 0 Å². The van der Waals surface area contributed by atoms with Crippen LogP contribution in [0.1, 0.15) is 55.8 Å². The van der Waals surface area contributed by atoms with Crippen LogP contribution in [0.15, 0.2) is 18.2 Å². The largest absolute Gasteiger partial charge is 0.313 e. The lowest BCUT2D eigenvalue weighted by Crippen LogP contribution is -2.19. The molecule has 96 valence electrons. The molecule has 1 N–H and O–H groups in total.